The summed E-state index contributed by atoms with van der Waals surface area (Å²) < 4.78 is 19.3. The molecular weight excluding hydrogens is 435 g/mol. The predicted octanol–water partition coefficient (Wildman–Crippen LogP) is 5.11. The molecule has 0 aromatic heterocycles. The first-order chi connectivity index (χ1) is 16.3. The Morgan fingerprint density at radius 1 is 1.00 bits per heavy atom. The summed E-state index contributed by atoms with van der Waals surface area (Å²) in [4.78, 5) is 27.5. The van der Waals surface area contributed by atoms with E-state index in [-0.39, 0.29) is 17.4 Å². The molecule has 0 aliphatic carbocycles. The van der Waals surface area contributed by atoms with Crippen molar-refractivity contribution in [3.05, 3.63) is 101 Å². The normalized spacial score (nSPS) is 17.1. The van der Waals surface area contributed by atoms with Gasteiger partial charge in [0.25, 0.3) is 11.7 Å². The monoisotopic (exact) mass is 456 g/mol. The van der Waals surface area contributed by atoms with Gasteiger partial charge < -0.3 is 9.84 Å². The number of hydrogen-bond donors (Lipinski definition) is 1. The van der Waals surface area contributed by atoms with E-state index in [1.54, 1.807) is 36.4 Å². The van der Waals surface area contributed by atoms with Gasteiger partial charge >= 0.3 is 0 Å². The first-order valence-corrected chi connectivity index (χ1v) is 10.6. The van der Waals surface area contributed by atoms with E-state index in [0.717, 1.165) is 0 Å². The third kappa shape index (κ3) is 4.26. The van der Waals surface area contributed by atoms with Crippen LogP contribution < -0.4 is 9.64 Å². The number of aliphatic hydroxyl groups is 1. The molecular formula is C27H21FN2O4. The van der Waals surface area contributed by atoms with Crippen molar-refractivity contribution in [2.45, 2.75) is 26.0 Å². The fraction of sp³-hybridized carbons (Fsp3) is 0.148. The topological polar surface area (TPSA) is 90.6 Å². The molecule has 7 heteroatoms. The summed E-state index contributed by atoms with van der Waals surface area (Å²) in [5.41, 5.74) is 1.43. The van der Waals surface area contributed by atoms with Gasteiger partial charge in [0.2, 0.25) is 0 Å². The SMILES string of the molecule is CC(C)Oc1ccc(/C(O)=C2\C(=O)C(=O)N(c3ccc(C#N)cc3)C2c2ccc(F)cc2)cc1. The van der Waals surface area contributed by atoms with Gasteiger partial charge in [0.1, 0.15) is 17.3 Å². The zero-order chi connectivity index (χ0) is 24.4. The molecule has 1 heterocycles. The third-order valence-corrected chi connectivity index (χ3v) is 5.40. The van der Waals surface area contributed by atoms with Crippen LogP contribution in [-0.2, 0) is 9.59 Å². The van der Waals surface area contributed by atoms with E-state index in [0.29, 0.717) is 28.1 Å². The number of benzene rings is 3. The fourth-order valence-corrected chi connectivity index (χ4v) is 3.87. The number of amides is 1. The number of rotatable bonds is 5. The number of Topliss-reactive ketones (excluding diaryl/α,β-unsaturated/α-hetero) is 1. The average Bonchev–Trinajstić information content (AvgIpc) is 3.09. The Labute approximate surface area is 196 Å². The smallest absolute Gasteiger partial charge is 0.300 e. The summed E-state index contributed by atoms with van der Waals surface area (Å²) in [6.45, 7) is 3.78. The zero-order valence-electron chi connectivity index (χ0n) is 18.5. The minimum absolute atomic E-state index is 0.0318. The van der Waals surface area contributed by atoms with Crippen LogP contribution in [0.3, 0.4) is 0 Å². The van der Waals surface area contributed by atoms with Crippen molar-refractivity contribution in [2.75, 3.05) is 4.90 Å². The van der Waals surface area contributed by atoms with Crippen LogP contribution in [0.25, 0.3) is 5.76 Å². The van der Waals surface area contributed by atoms with Gasteiger partial charge in [-0.25, -0.2) is 4.39 Å². The average molecular weight is 456 g/mol. The third-order valence-electron chi connectivity index (χ3n) is 5.40. The van der Waals surface area contributed by atoms with Gasteiger partial charge in [0.15, 0.2) is 0 Å². The van der Waals surface area contributed by atoms with Crippen molar-refractivity contribution in [1.82, 2.24) is 0 Å². The Morgan fingerprint density at radius 3 is 2.18 bits per heavy atom. The first-order valence-electron chi connectivity index (χ1n) is 10.6. The largest absolute Gasteiger partial charge is 0.507 e. The number of ether oxygens (including phenoxy) is 1. The molecule has 1 aliphatic heterocycles. The van der Waals surface area contributed by atoms with Gasteiger partial charge in [-0.15, -0.1) is 0 Å². The van der Waals surface area contributed by atoms with Crippen LogP contribution in [0.5, 0.6) is 5.75 Å². The molecule has 1 atom stereocenters. The number of hydrogen-bond acceptors (Lipinski definition) is 5. The quantitative estimate of drug-likeness (QED) is 0.327. The maximum Gasteiger partial charge on any atom is 0.300 e. The zero-order valence-corrected chi connectivity index (χ0v) is 18.5. The molecule has 0 bridgehead atoms. The Bertz CT molecular complexity index is 1300. The summed E-state index contributed by atoms with van der Waals surface area (Å²) in [5.74, 6) is -1.92. The number of carbonyl (C=O) groups excluding carboxylic acids is 2. The molecule has 3 aromatic carbocycles. The van der Waals surface area contributed by atoms with E-state index in [1.807, 2.05) is 19.9 Å². The lowest BCUT2D eigenvalue weighted by molar-refractivity contribution is -0.132. The van der Waals surface area contributed by atoms with E-state index in [1.165, 1.54) is 41.3 Å². The summed E-state index contributed by atoms with van der Waals surface area (Å²) in [6, 6.07) is 19.1. The summed E-state index contributed by atoms with van der Waals surface area (Å²) in [7, 11) is 0. The van der Waals surface area contributed by atoms with Crippen molar-refractivity contribution < 1.29 is 23.8 Å². The number of ketones is 1. The highest BCUT2D eigenvalue weighted by molar-refractivity contribution is 6.51. The first kappa shape index (κ1) is 22.7. The van der Waals surface area contributed by atoms with E-state index in [9.17, 15) is 19.1 Å². The van der Waals surface area contributed by atoms with E-state index >= 15 is 0 Å². The van der Waals surface area contributed by atoms with Crippen LogP contribution in [-0.4, -0.2) is 22.9 Å². The van der Waals surface area contributed by atoms with Gasteiger partial charge in [-0.05, 0) is 80.1 Å². The second-order valence-corrected chi connectivity index (χ2v) is 8.07. The molecule has 1 unspecified atom stereocenters. The molecule has 0 radical (unpaired) electrons. The van der Waals surface area contributed by atoms with Crippen molar-refractivity contribution in [3.8, 4) is 11.8 Å². The lowest BCUT2D eigenvalue weighted by Gasteiger charge is -2.25. The molecule has 34 heavy (non-hydrogen) atoms. The molecule has 1 fully saturated rings. The molecule has 0 saturated carbocycles. The standard InChI is InChI=1S/C27H21FN2O4/c1-16(2)34-22-13-7-19(8-14-22)25(31)23-24(18-5-9-20(28)10-6-18)30(27(33)26(23)32)21-11-3-17(15-29)4-12-21/h3-14,16,24,31H,1-2H3/b25-23+. The highest BCUT2D eigenvalue weighted by atomic mass is 19.1. The van der Waals surface area contributed by atoms with Crippen molar-refractivity contribution in [2.24, 2.45) is 0 Å². The lowest BCUT2D eigenvalue weighted by Crippen LogP contribution is -2.29. The van der Waals surface area contributed by atoms with Gasteiger partial charge in [-0.3, -0.25) is 14.5 Å². The second-order valence-electron chi connectivity index (χ2n) is 8.07. The maximum absolute atomic E-state index is 13.6. The molecule has 4 rings (SSSR count). The molecule has 6 nitrogen and oxygen atoms in total. The molecule has 1 saturated heterocycles. The van der Waals surface area contributed by atoms with Crippen molar-refractivity contribution >= 4 is 23.1 Å². The Balaban J connectivity index is 1.85. The summed E-state index contributed by atoms with van der Waals surface area (Å²) >= 11 is 0. The van der Waals surface area contributed by atoms with Crippen molar-refractivity contribution in [1.29, 1.82) is 5.26 Å². The highest BCUT2D eigenvalue weighted by Gasteiger charge is 2.46. The van der Waals surface area contributed by atoms with Crippen LogP contribution in [0.4, 0.5) is 10.1 Å². The van der Waals surface area contributed by atoms with E-state index in [4.69, 9.17) is 10.00 Å². The van der Waals surface area contributed by atoms with Crippen LogP contribution in [0.1, 0.15) is 36.6 Å². The molecule has 1 N–H and O–H groups in total. The Hall–Kier alpha value is -4.44. The Morgan fingerprint density at radius 2 is 1.62 bits per heavy atom. The fourth-order valence-electron chi connectivity index (χ4n) is 3.87. The lowest BCUT2D eigenvalue weighted by atomic mass is 9.95. The van der Waals surface area contributed by atoms with E-state index in [2.05, 4.69) is 0 Å². The van der Waals surface area contributed by atoms with Gasteiger partial charge in [0.05, 0.1) is 29.4 Å². The number of aliphatic hydroxyl groups excluding tert-OH is 1. The minimum Gasteiger partial charge on any atom is -0.507 e. The second kappa shape index (κ2) is 9.20. The number of nitrogens with zero attached hydrogens (tertiary/aromatic N) is 2. The predicted molar refractivity (Wildman–Crippen MR) is 125 cm³/mol. The van der Waals surface area contributed by atoms with Crippen LogP contribution in [0.15, 0.2) is 78.4 Å². The number of nitriles is 1. The minimum atomic E-state index is -0.986. The Kier molecular flexibility index (Phi) is 6.15. The summed E-state index contributed by atoms with van der Waals surface area (Å²) in [5, 5.41) is 20.2. The van der Waals surface area contributed by atoms with E-state index < -0.39 is 23.5 Å². The van der Waals surface area contributed by atoms with Crippen LogP contribution in [0, 0.1) is 17.1 Å². The van der Waals surface area contributed by atoms with Gasteiger partial charge in [0, 0.05) is 11.3 Å². The highest BCUT2D eigenvalue weighted by Crippen LogP contribution is 2.42. The summed E-state index contributed by atoms with van der Waals surface area (Å²) in [6.07, 6.45) is -0.0318. The number of halogens is 1. The van der Waals surface area contributed by atoms with Gasteiger partial charge in [-0.2, -0.15) is 5.26 Å². The molecule has 0 spiro atoms. The molecule has 3 aromatic rings. The number of anilines is 1. The molecule has 170 valence electrons. The number of carbonyl (C=O) groups is 2. The van der Waals surface area contributed by atoms with Crippen LogP contribution in [0.2, 0.25) is 0 Å². The maximum atomic E-state index is 13.6. The van der Waals surface area contributed by atoms with Gasteiger partial charge in [-0.1, -0.05) is 12.1 Å². The van der Waals surface area contributed by atoms with Crippen molar-refractivity contribution in [3.63, 3.8) is 0 Å². The van der Waals surface area contributed by atoms with Crippen LogP contribution >= 0.6 is 0 Å². The molecule has 1 aliphatic rings. The molecule has 1 amide bonds.